The van der Waals surface area contributed by atoms with Gasteiger partial charge in [0.2, 0.25) is 5.91 Å². The molecule has 1 aromatic rings. The Hall–Kier alpha value is -2.15. The molecule has 2 N–H and O–H groups in total. The Bertz CT molecular complexity index is 646. The number of alkyl carbamates (subject to hydrolysis) is 1. The van der Waals surface area contributed by atoms with Crippen LogP contribution in [0.2, 0.25) is 0 Å². The first kappa shape index (κ1) is 21.2. The first-order valence-corrected chi connectivity index (χ1v) is 9.46. The number of halogens is 1. The highest BCUT2D eigenvalue weighted by molar-refractivity contribution is 5.90. The molecule has 1 fully saturated rings. The fourth-order valence-corrected chi connectivity index (χ4v) is 3.10. The molecule has 2 amide bonds. The van der Waals surface area contributed by atoms with Gasteiger partial charge in [-0.05, 0) is 58.2 Å². The van der Waals surface area contributed by atoms with Gasteiger partial charge in [-0.3, -0.25) is 4.79 Å². The molecule has 0 aromatic heterocycles. The molecule has 0 spiro atoms. The lowest BCUT2D eigenvalue weighted by molar-refractivity contribution is -0.116. The van der Waals surface area contributed by atoms with Crippen molar-refractivity contribution < 1.29 is 18.7 Å². The van der Waals surface area contributed by atoms with E-state index in [4.69, 9.17) is 4.74 Å². The maximum atomic E-state index is 13.6. The molecular weight excluding hydrogens is 349 g/mol. The van der Waals surface area contributed by atoms with Crippen LogP contribution in [0.4, 0.5) is 14.9 Å². The lowest BCUT2D eigenvalue weighted by Gasteiger charge is -2.32. The maximum absolute atomic E-state index is 13.6. The SMILES string of the molecule is CC(C)(C)OC(=O)NCC1CCCN(CCC(=O)Nc2ccccc2F)C1. The summed E-state index contributed by atoms with van der Waals surface area (Å²) in [6, 6.07) is 6.14. The van der Waals surface area contributed by atoms with Gasteiger partial charge in [-0.1, -0.05) is 12.1 Å². The van der Waals surface area contributed by atoms with Crippen molar-refractivity contribution in [3.63, 3.8) is 0 Å². The van der Waals surface area contributed by atoms with Crippen LogP contribution >= 0.6 is 0 Å². The van der Waals surface area contributed by atoms with Crippen molar-refractivity contribution in [2.75, 3.05) is 31.5 Å². The van der Waals surface area contributed by atoms with Crippen LogP contribution in [0.5, 0.6) is 0 Å². The number of hydrogen-bond acceptors (Lipinski definition) is 4. The van der Waals surface area contributed by atoms with Gasteiger partial charge in [0.25, 0.3) is 0 Å². The van der Waals surface area contributed by atoms with E-state index in [2.05, 4.69) is 15.5 Å². The fourth-order valence-electron chi connectivity index (χ4n) is 3.10. The van der Waals surface area contributed by atoms with Gasteiger partial charge in [-0.2, -0.15) is 0 Å². The molecule has 0 saturated carbocycles. The van der Waals surface area contributed by atoms with Crippen molar-refractivity contribution in [3.05, 3.63) is 30.1 Å². The zero-order chi connectivity index (χ0) is 19.9. The summed E-state index contributed by atoms with van der Waals surface area (Å²) in [5.74, 6) is -0.299. The number of carbonyl (C=O) groups excluding carboxylic acids is 2. The largest absolute Gasteiger partial charge is 0.444 e. The van der Waals surface area contributed by atoms with Crippen molar-refractivity contribution in [2.24, 2.45) is 5.92 Å². The highest BCUT2D eigenvalue weighted by Crippen LogP contribution is 2.17. The number of likely N-dealkylation sites (tertiary alicyclic amines) is 1. The van der Waals surface area contributed by atoms with E-state index in [0.717, 1.165) is 25.9 Å². The minimum absolute atomic E-state index is 0.200. The number of benzene rings is 1. The molecule has 1 saturated heterocycles. The maximum Gasteiger partial charge on any atom is 0.407 e. The van der Waals surface area contributed by atoms with E-state index in [-0.39, 0.29) is 11.6 Å². The molecule has 27 heavy (non-hydrogen) atoms. The van der Waals surface area contributed by atoms with Gasteiger partial charge < -0.3 is 20.3 Å². The summed E-state index contributed by atoms with van der Waals surface area (Å²) in [4.78, 5) is 26.0. The van der Waals surface area contributed by atoms with Gasteiger partial charge >= 0.3 is 6.09 Å². The van der Waals surface area contributed by atoms with Crippen LogP contribution in [0.25, 0.3) is 0 Å². The zero-order valence-electron chi connectivity index (χ0n) is 16.4. The first-order valence-electron chi connectivity index (χ1n) is 9.46. The molecule has 7 heteroatoms. The van der Waals surface area contributed by atoms with Crippen LogP contribution in [-0.4, -0.2) is 48.7 Å². The monoisotopic (exact) mass is 379 g/mol. The number of anilines is 1. The first-order chi connectivity index (χ1) is 12.7. The Balaban J connectivity index is 1.70. The van der Waals surface area contributed by atoms with Crippen molar-refractivity contribution in [1.29, 1.82) is 0 Å². The van der Waals surface area contributed by atoms with Gasteiger partial charge in [0, 0.05) is 26.1 Å². The molecule has 6 nitrogen and oxygen atoms in total. The summed E-state index contributed by atoms with van der Waals surface area (Å²) in [5, 5.41) is 5.43. The quantitative estimate of drug-likeness (QED) is 0.795. The van der Waals surface area contributed by atoms with Crippen molar-refractivity contribution in [3.8, 4) is 0 Å². The number of para-hydroxylation sites is 1. The van der Waals surface area contributed by atoms with E-state index in [1.165, 1.54) is 6.07 Å². The lowest BCUT2D eigenvalue weighted by Crippen LogP contribution is -2.42. The number of ether oxygens (including phenoxy) is 1. The average Bonchev–Trinajstić information content (AvgIpc) is 2.59. The van der Waals surface area contributed by atoms with E-state index < -0.39 is 17.5 Å². The molecule has 1 heterocycles. The Morgan fingerprint density at radius 3 is 2.74 bits per heavy atom. The summed E-state index contributed by atoms with van der Waals surface area (Å²) < 4.78 is 18.8. The molecule has 1 atom stereocenters. The third-order valence-corrected chi connectivity index (χ3v) is 4.34. The summed E-state index contributed by atoms with van der Waals surface area (Å²) >= 11 is 0. The summed E-state index contributed by atoms with van der Waals surface area (Å²) in [7, 11) is 0. The molecule has 1 aliphatic rings. The van der Waals surface area contributed by atoms with E-state index in [1.807, 2.05) is 20.8 Å². The Kier molecular flexibility index (Phi) is 7.59. The van der Waals surface area contributed by atoms with Crippen LogP contribution in [0.3, 0.4) is 0 Å². The number of rotatable bonds is 6. The molecule has 150 valence electrons. The van der Waals surface area contributed by atoms with E-state index in [0.29, 0.717) is 25.4 Å². The lowest BCUT2D eigenvalue weighted by atomic mass is 9.98. The molecule has 0 radical (unpaired) electrons. The highest BCUT2D eigenvalue weighted by atomic mass is 19.1. The average molecular weight is 379 g/mol. The summed E-state index contributed by atoms with van der Waals surface area (Å²) in [6.45, 7) is 8.43. The van der Waals surface area contributed by atoms with E-state index >= 15 is 0 Å². The Morgan fingerprint density at radius 1 is 1.30 bits per heavy atom. The minimum Gasteiger partial charge on any atom is -0.444 e. The number of nitrogens with one attached hydrogen (secondary N) is 2. The topological polar surface area (TPSA) is 70.7 Å². The molecule has 1 aromatic carbocycles. The number of amides is 2. The molecule has 0 aliphatic carbocycles. The Morgan fingerprint density at radius 2 is 2.04 bits per heavy atom. The molecular formula is C20H30FN3O3. The third kappa shape index (κ3) is 7.95. The second-order valence-corrected chi connectivity index (χ2v) is 7.97. The standard InChI is InChI=1S/C20H30FN3O3/c1-20(2,3)27-19(26)22-13-15-7-6-11-24(14-15)12-10-18(25)23-17-9-5-4-8-16(17)21/h4-5,8-9,15H,6-7,10-14H2,1-3H3,(H,22,26)(H,23,25). The van der Waals surface area contributed by atoms with Gasteiger partial charge in [0.15, 0.2) is 0 Å². The van der Waals surface area contributed by atoms with Gasteiger partial charge in [0.1, 0.15) is 11.4 Å². The van der Waals surface area contributed by atoms with Crippen LogP contribution in [-0.2, 0) is 9.53 Å². The van der Waals surface area contributed by atoms with Crippen LogP contribution in [0.15, 0.2) is 24.3 Å². The molecule has 1 aliphatic heterocycles. The normalized spacial score (nSPS) is 18.0. The second kappa shape index (κ2) is 9.69. The smallest absolute Gasteiger partial charge is 0.407 e. The molecule has 0 bridgehead atoms. The fraction of sp³-hybridized carbons (Fsp3) is 0.600. The van der Waals surface area contributed by atoms with Gasteiger partial charge in [0.05, 0.1) is 5.69 Å². The third-order valence-electron chi connectivity index (χ3n) is 4.34. The van der Waals surface area contributed by atoms with Crippen molar-refractivity contribution in [1.82, 2.24) is 10.2 Å². The van der Waals surface area contributed by atoms with Crippen LogP contribution in [0, 0.1) is 11.7 Å². The van der Waals surface area contributed by atoms with Gasteiger partial charge in [-0.25, -0.2) is 9.18 Å². The number of piperidine rings is 1. The Labute approximate surface area is 160 Å². The molecule has 1 unspecified atom stereocenters. The van der Waals surface area contributed by atoms with Crippen molar-refractivity contribution in [2.45, 2.75) is 45.6 Å². The van der Waals surface area contributed by atoms with Crippen molar-refractivity contribution >= 4 is 17.7 Å². The summed E-state index contributed by atoms with van der Waals surface area (Å²) in [6.07, 6.45) is 1.97. The van der Waals surface area contributed by atoms with Crippen LogP contribution < -0.4 is 10.6 Å². The summed E-state index contributed by atoms with van der Waals surface area (Å²) in [5.41, 5.74) is -0.297. The zero-order valence-corrected chi connectivity index (χ0v) is 16.4. The molecule has 2 rings (SSSR count). The van der Waals surface area contributed by atoms with Crippen LogP contribution in [0.1, 0.15) is 40.0 Å². The number of hydrogen-bond donors (Lipinski definition) is 2. The minimum atomic E-state index is -0.506. The predicted octanol–water partition coefficient (Wildman–Crippen LogP) is 3.39. The van der Waals surface area contributed by atoms with E-state index in [1.54, 1.807) is 18.2 Å². The second-order valence-electron chi connectivity index (χ2n) is 7.97. The van der Waals surface area contributed by atoms with E-state index in [9.17, 15) is 14.0 Å². The highest BCUT2D eigenvalue weighted by Gasteiger charge is 2.22. The predicted molar refractivity (Wildman–Crippen MR) is 103 cm³/mol. The van der Waals surface area contributed by atoms with Gasteiger partial charge in [-0.15, -0.1) is 0 Å². The number of carbonyl (C=O) groups is 2. The number of nitrogens with zero attached hydrogens (tertiary/aromatic N) is 1.